The van der Waals surface area contributed by atoms with Crippen molar-refractivity contribution in [2.24, 2.45) is 7.05 Å². The van der Waals surface area contributed by atoms with E-state index in [9.17, 15) is 0 Å². The zero-order chi connectivity index (χ0) is 15.5. The van der Waals surface area contributed by atoms with Crippen molar-refractivity contribution in [3.05, 3.63) is 17.5 Å². The highest BCUT2D eigenvalue weighted by molar-refractivity contribution is 8.00. The molecule has 1 aromatic heterocycles. The molecule has 0 amide bonds. The molecule has 0 spiro atoms. The summed E-state index contributed by atoms with van der Waals surface area (Å²) in [6, 6.07) is 0. The zero-order valence-corrected chi connectivity index (χ0v) is 15.1. The van der Waals surface area contributed by atoms with Gasteiger partial charge in [0.2, 0.25) is 0 Å². The maximum absolute atomic E-state index is 4.66. The van der Waals surface area contributed by atoms with E-state index in [4.69, 9.17) is 0 Å². The third kappa shape index (κ3) is 4.26. The lowest BCUT2D eigenvalue weighted by molar-refractivity contribution is 0.379. The highest BCUT2D eigenvalue weighted by atomic mass is 32.2. The van der Waals surface area contributed by atoms with Crippen LogP contribution in [0.1, 0.15) is 64.1 Å². The monoisotopic (exact) mass is 309 g/mol. The molecule has 2 rings (SSSR count). The van der Waals surface area contributed by atoms with Gasteiger partial charge in [-0.05, 0) is 19.1 Å². The minimum atomic E-state index is 0.111. The molecule has 1 heterocycles. The van der Waals surface area contributed by atoms with Gasteiger partial charge < -0.3 is 5.32 Å². The molecule has 0 unspecified atom stereocenters. The van der Waals surface area contributed by atoms with Crippen LogP contribution in [0.4, 0.5) is 0 Å². The Kier molecular flexibility index (Phi) is 5.42. The van der Waals surface area contributed by atoms with E-state index in [1.807, 2.05) is 11.7 Å². The average molecular weight is 310 g/mol. The van der Waals surface area contributed by atoms with Crippen molar-refractivity contribution < 1.29 is 0 Å². The van der Waals surface area contributed by atoms with Crippen LogP contribution >= 0.6 is 11.8 Å². The molecule has 21 heavy (non-hydrogen) atoms. The van der Waals surface area contributed by atoms with E-state index in [1.54, 1.807) is 0 Å². The highest BCUT2D eigenvalue weighted by Gasteiger charge is 2.31. The molecular weight excluding hydrogens is 278 g/mol. The second-order valence-electron chi connectivity index (χ2n) is 7.48. The Balaban J connectivity index is 1.97. The normalized spacial score (nSPS) is 18.9. The Morgan fingerprint density at radius 3 is 2.52 bits per heavy atom. The van der Waals surface area contributed by atoms with Crippen molar-refractivity contribution >= 4 is 11.8 Å². The van der Waals surface area contributed by atoms with Crippen LogP contribution in [-0.4, -0.2) is 27.3 Å². The van der Waals surface area contributed by atoms with Crippen LogP contribution in [0, 0.1) is 0 Å². The second-order valence-corrected chi connectivity index (χ2v) is 8.75. The predicted molar refractivity (Wildman–Crippen MR) is 92.9 cm³/mol. The molecule has 1 fully saturated rings. The van der Waals surface area contributed by atoms with Gasteiger partial charge in [-0.2, -0.15) is 16.9 Å². The summed E-state index contributed by atoms with van der Waals surface area (Å²) in [6.07, 6.45) is 11.4. The molecule has 0 aromatic carbocycles. The molecule has 0 aliphatic heterocycles. The van der Waals surface area contributed by atoms with E-state index in [1.165, 1.54) is 43.4 Å². The van der Waals surface area contributed by atoms with E-state index in [2.05, 4.69) is 55.4 Å². The molecule has 0 atom stereocenters. The van der Waals surface area contributed by atoms with E-state index >= 15 is 0 Å². The smallest absolute Gasteiger partial charge is 0.0722 e. The second kappa shape index (κ2) is 6.74. The number of nitrogens with one attached hydrogen (secondary N) is 1. The molecule has 4 heteroatoms. The lowest BCUT2D eigenvalue weighted by atomic mass is 9.87. The molecule has 1 N–H and O–H groups in total. The molecule has 1 aromatic rings. The van der Waals surface area contributed by atoms with Crippen LogP contribution in [0.2, 0.25) is 0 Å². The number of nitrogens with zero attached hydrogens (tertiary/aromatic N) is 2. The Labute approximate surface area is 134 Å². The Morgan fingerprint density at radius 2 is 1.95 bits per heavy atom. The number of hydrogen-bond acceptors (Lipinski definition) is 3. The minimum Gasteiger partial charge on any atom is -0.311 e. The fourth-order valence-corrected chi connectivity index (χ4v) is 4.32. The van der Waals surface area contributed by atoms with E-state index < -0.39 is 0 Å². The quantitative estimate of drug-likeness (QED) is 0.895. The lowest BCUT2D eigenvalue weighted by Crippen LogP contribution is -2.39. The first-order valence-corrected chi connectivity index (χ1v) is 9.38. The predicted octanol–water partition coefficient (Wildman–Crippen LogP) is 3.87. The molecule has 1 aliphatic carbocycles. The average Bonchev–Trinajstić information content (AvgIpc) is 2.81. The van der Waals surface area contributed by atoms with Gasteiger partial charge in [0.25, 0.3) is 0 Å². The highest BCUT2D eigenvalue weighted by Crippen LogP contribution is 2.38. The van der Waals surface area contributed by atoms with Crippen molar-refractivity contribution in [1.29, 1.82) is 0 Å². The molecule has 120 valence electrons. The third-order valence-corrected chi connectivity index (χ3v) is 5.99. The lowest BCUT2D eigenvalue weighted by Gasteiger charge is -2.36. The molecule has 0 radical (unpaired) electrons. The standard InChI is InChI=1S/C17H31N3S/c1-16(2,3)15-14(12-20(4)19-15)11-18-13-17(21-5)9-7-6-8-10-17/h12,18H,6-11,13H2,1-5H3. The number of rotatable bonds is 5. The SMILES string of the molecule is CSC1(CNCc2cn(C)nc2C(C)(C)C)CCCCC1. The van der Waals surface area contributed by atoms with Crippen LogP contribution in [-0.2, 0) is 19.0 Å². The van der Waals surface area contributed by atoms with E-state index in [-0.39, 0.29) is 5.41 Å². The largest absolute Gasteiger partial charge is 0.311 e. The van der Waals surface area contributed by atoms with Crippen molar-refractivity contribution in [2.75, 3.05) is 12.8 Å². The molecular formula is C17H31N3S. The molecule has 1 saturated carbocycles. The van der Waals surface area contributed by atoms with Gasteiger partial charge in [-0.1, -0.05) is 40.0 Å². The van der Waals surface area contributed by atoms with Gasteiger partial charge in [-0.3, -0.25) is 4.68 Å². The summed E-state index contributed by atoms with van der Waals surface area (Å²) in [5.41, 5.74) is 2.68. The molecule has 1 aliphatic rings. The molecule has 3 nitrogen and oxygen atoms in total. The Bertz CT molecular complexity index is 453. The van der Waals surface area contributed by atoms with Crippen molar-refractivity contribution in [3.63, 3.8) is 0 Å². The summed E-state index contributed by atoms with van der Waals surface area (Å²) in [6.45, 7) is 8.77. The van der Waals surface area contributed by atoms with Gasteiger partial charge in [-0.15, -0.1) is 0 Å². The summed E-state index contributed by atoms with van der Waals surface area (Å²) >= 11 is 2.06. The first-order valence-electron chi connectivity index (χ1n) is 8.15. The topological polar surface area (TPSA) is 29.9 Å². The first-order chi connectivity index (χ1) is 9.86. The van der Waals surface area contributed by atoms with Crippen molar-refractivity contribution in [1.82, 2.24) is 15.1 Å². The van der Waals surface area contributed by atoms with Crippen molar-refractivity contribution in [2.45, 2.75) is 69.6 Å². The van der Waals surface area contributed by atoms with Gasteiger partial charge in [-0.25, -0.2) is 0 Å². The zero-order valence-electron chi connectivity index (χ0n) is 14.3. The number of thioether (sulfide) groups is 1. The van der Waals surface area contributed by atoms with Crippen LogP contribution in [0.3, 0.4) is 0 Å². The first kappa shape index (κ1) is 16.9. The summed E-state index contributed by atoms with van der Waals surface area (Å²) in [4.78, 5) is 0. The minimum absolute atomic E-state index is 0.111. The maximum atomic E-state index is 4.66. The Morgan fingerprint density at radius 1 is 1.29 bits per heavy atom. The van der Waals surface area contributed by atoms with Gasteiger partial charge in [0.15, 0.2) is 0 Å². The maximum Gasteiger partial charge on any atom is 0.0722 e. The fraction of sp³-hybridized carbons (Fsp3) is 0.824. The summed E-state index contributed by atoms with van der Waals surface area (Å²) in [7, 11) is 2.02. The van der Waals surface area contributed by atoms with Gasteiger partial charge in [0.05, 0.1) is 5.69 Å². The Hall–Kier alpha value is -0.480. The van der Waals surface area contributed by atoms with E-state index in [0.29, 0.717) is 4.75 Å². The van der Waals surface area contributed by atoms with Crippen LogP contribution in [0.15, 0.2) is 6.20 Å². The number of hydrogen-bond donors (Lipinski definition) is 1. The van der Waals surface area contributed by atoms with Crippen molar-refractivity contribution in [3.8, 4) is 0 Å². The van der Waals surface area contributed by atoms with Gasteiger partial charge in [0, 0.05) is 42.1 Å². The molecule has 0 bridgehead atoms. The summed E-state index contributed by atoms with van der Waals surface area (Å²) < 4.78 is 2.41. The fourth-order valence-electron chi connectivity index (χ4n) is 3.37. The van der Waals surface area contributed by atoms with Gasteiger partial charge >= 0.3 is 0 Å². The van der Waals surface area contributed by atoms with Crippen LogP contribution in [0.5, 0.6) is 0 Å². The van der Waals surface area contributed by atoms with Gasteiger partial charge in [0.1, 0.15) is 0 Å². The summed E-state index contributed by atoms with van der Waals surface area (Å²) in [5.74, 6) is 0. The van der Waals surface area contributed by atoms with Crippen LogP contribution in [0.25, 0.3) is 0 Å². The van der Waals surface area contributed by atoms with E-state index in [0.717, 1.165) is 13.1 Å². The number of aromatic nitrogens is 2. The molecule has 0 saturated heterocycles. The number of aryl methyl sites for hydroxylation is 1. The summed E-state index contributed by atoms with van der Waals surface area (Å²) in [5, 5.41) is 8.37. The third-order valence-electron chi connectivity index (χ3n) is 4.58. The van der Waals surface area contributed by atoms with Crippen LogP contribution < -0.4 is 5.32 Å².